The van der Waals surface area contributed by atoms with E-state index < -0.39 is 11.5 Å². The number of aromatic nitrogens is 4. The van der Waals surface area contributed by atoms with E-state index in [9.17, 15) is 18.8 Å². The number of rotatable bonds is 6. The van der Waals surface area contributed by atoms with Gasteiger partial charge in [-0.2, -0.15) is 0 Å². The molecule has 1 unspecified atom stereocenters. The van der Waals surface area contributed by atoms with Gasteiger partial charge in [-0.15, -0.1) is 5.10 Å². The number of hydrogen-bond acceptors (Lipinski definition) is 4. The molecule has 33 heavy (non-hydrogen) atoms. The van der Waals surface area contributed by atoms with Crippen LogP contribution in [-0.2, 0) is 6.54 Å². The Morgan fingerprint density at radius 2 is 1.85 bits per heavy atom. The van der Waals surface area contributed by atoms with Gasteiger partial charge in [0.25, 0.3) is 11.5 Å². The Kier molecular flexibility index (Phi) is 5.88. The fourth-order valence-electron chi connectivity index (χ4n) is 3.79. The molecule has 0 aliphatic carbocycles. The Morgan fingerprint density at radius 1 is 1.12 bits per heavy atom. The summed E-state index contributed by atoms with van der Waals surface area (Å²) in [6.45, 7) is 7.42. The zero-order valence-electron chi connectivity index (χ0n) is 19.0. The molecule has 1 N–H and O–H groups in total. The molecule has 0 aliphatic rings. The minimum Gasteiger partial charge on any atom is -0.350 e. The van der Waals surface area contributed by atoms with Crippen LogP contribution >= 0.6 is 0 Å². The predicted octanol–water partition coefficient (Wildman–Crippen LogP) is 3.11. The SMILES string of the molecule is CCC(C)NC(=O)c1ccc2c(=O)n(C(C)C)c3nn(Cc4ccccc4F)c(=O)n3c2c1. The largest absolute Gasteiger partial charge is 0.352 e. The van der Waals surface area contributed by atoms with E-state index >= 15 is 0 Å². The van der Waals surface area contributed by atoms with Gasteiger partial charge in [0.15, 0.2) is 0 Å². The van der Waals surface area contributed by atoms with Crippen molar-refractivity contribution in [3.63, 3.8) is 0 Å². The third-order valence-corrected chi connectivity index (χ3v) is 5.77. The summed E-state index contributed by atoms with van der Waals surface area (Å²) in [6, 6.07) is 10.5. The van der Waals surface area contributed by atoms with Crippen molar-refractivity contribution in [2.45, 2.75) is 52.7 Å². The number of hydrogen-bond donors (Lipinski definition) is 1. The Balaban J connectivity index is 1.98. The van der Waals surface area contributed by atoms with E-state index in [1.807, 2.05) is 27.7 Å². The maximum Gasteiger partial charge on any atom is 0.352 e. The van der Waals surface area contributed by atoms with Crippen molar-refractivity contribution in [1.82, 2.24) is 24.1 Å². The highest BCUT2D eigenvalue weighted by atomic mass is 19.1. The second kappa shape index (κ2) is 8.65. The van der Waals surface area contributed by atoms with Gasteiger partial charge in [-0.3, -0.25) is 14.2 Å². The first-order chi connectivity index (χ1) is 15.7. The minimum absolute atomic E-state index is 0.0200. The van der Waals surface area contributed by atoms with Crippen molar-refractivity contribution in [3.05, 3.63) is 80.2 Å². The molecule has 9 heteroatoms. The number of carbonyl (C=O) groups excluding carboxylic acids is 1. The van der Waals surface area contributed by atoms with E-state index in [2.05, 4.69) is 10.4 Å². The van der Waals surface area contributed by atoms with E-state index in [-0.39, 0.29) is 41.4 Å². The standard InChI is InChI=1S/C24H26FN5O3/c1-5-15(4)26-21(31)16-10-11-18-20(12-16)30-23(29(14(2)3)22(18)32)27-28(24(30)33)13-17-8-6-7-9-19(17)25/h6-12,14-15H,5,13H2,1-4H3,(H,26,31). The first kappa shape index (κ1) is 22.4. The molecule has 4 aromatic rings. The molecule has 0 saturated carbocycles. The molecule has 1 atom stereocenters. The monoisotopic (exact) mass is 451 g/mol. The van der Waals surface area contributed by atoms with E-state index in [0.29, 0.717) is 16.5 Å². The van der Waals surface area contributed by atoms with Gasteiger partial charge in [0.2, 0.25) is 5.78 Å². The van der Waals surface area contributed by atoms with E-state index in [1.54, 1.807) is 30.3 Å². The van der Waals surface area contributed by atoms with Gasteiger partial charge < -0.3 is 5.32 Å². The number of fused-ring (bicyclic) bond motifs is 3. The lowest BCUT2D eigenvalue weighted by atomic mass is 10.1. The van der Waals surface area contributed by atoms with E-state index in [0.717, 1.165) is 11.1 Å². The Morgan fingerprint density at radius 3 is 2.52 bits per heavy atom. The summed E-state index contributed by atoms with van der Waals surface area (Å²) in [7, 11) is 0. The summed E-state index contributed by atoms with van der Waals surface area (Å²) >= 11 is 0. The molecule has 0 fully saturated rings. The second-order valence-electron chi connectivity index (χ2n) is 8.45. The number of halogens is 1. The molecule has 0 aliphatic heterocycles. The zero-order chi connectivity index (χ0) is 23.9. The molecule has 8 nitrogen and oxygen atoms in total. The fourth-order valence-corrected chi connectivity index (χ4v) is 3.79. The second-order valence-corrected chi connectivity index (χ2v) is 8.45. The van der Waals surface area contributed by atoms with Crippen LogP contribution in [0.1, 0.15) is 56.1 Å². The van der Waals surface area contributed by atoms with Crippen molar-refractivity contribution in [1.29, 1.82) is 0 Å². The van der Waals surface area contributed by atoms with Crippen LogP contribution in [-0.4, -0.2) is 30.7 Å². The summed E-state index contributed by atoms with van der Waals surface area (Å²) in [5.41, 5.74) is 0.0870. The molecule has 0 saturated heterocycles. The van der Waals surface area contributed by atoms with Gasteiger partial charge in [0.1, 0.15) is 5.82 Å². The van der Waals surface area contributed by atoms with Crippen LogP contribution in [0.2, 0.25) is 0 Å². The van der Waals surface area contributed by atoms with Crippen LogP contribution in [0, 0.1) is 5.82 Å². The fraction of sp³-hybridized carbons (Fsp3) is 0.333. The van der Waals surface area contributed by atoms with Crippen molar-refractivity contribution in [2.24, 2.45) is 0 Å². The van der Waals surface area contributed by atoms with Crippen LogP contribution in [0.3, 0.4) is 0 Å². The molecule has 2 heterocycles. The molecule has 1 amide bonds. The van der Waals surface area contributed by atoms with Gasteiger partial charge in [0, 0.05) is 23.2 Å². The van der Waals surface area contributed by atoms with Crippen LogP contribution < -0.4 is 16.6 Å². The lowest BCUT2D eigenvalue weighted by Gasteiger charge is -2.14. The molecular formula is C24H26FN5O3. The number of carbonyl (C=O) groups is 1. The average molecular weight is 452 g/mol. The summed E-state index contributed by atoms with van der Waals surface area (Å²) < 4.78 is 18.1. The molecule has 0 bridgehead atoms. The summed E-state index contributed by atoms with van der Waals surface area (Å²) in [6.07, 6.45) is 0.769. The first-order valence-corrected chi connectivity index (χ1v) is 10.9. The molecule has 0 spiro atoms. The predicted molar refractivity (Wildman–Crippen MR) is 124 cm³/mol. The van der Waals surface area contributed by atoms with Crippen molar-refractivity contribution >= 4 is 22.6 Å². The number of benzene rings is 2. The molecule has 4 rings (SSSR count). The molecular weight excluding hydrogens is 425 g/mol. The lowest BCUT2D eigenvalue weighted by Crippen LogP contribution is -2.32. The zero-order valence-corrected chi connectivity index (χ0v) is 19.0. The Hall–Kier alpha value is -3.75. The quantitative estimate of drug-likeness (QED) is 0.488. The Labute approximate surface area is 189 Å². The highest BCUT2D eigenvalue weighted by Gasteiger charge is 2.21. The summed E-state index contributed by atoms with van der Waals surface area (Å²) in [5, 5.41) is 7.56. The minimum atomic E-state index is -0.521. The van der Waals surface area contributed by atoms with Gasteiger partial charge in [0.05, 0.1) is 17.4 Å². The Bertz CT molecular complexity index is 1480. The highest BCUT2D eigenvalue weighted by Crippen LogP contribution is 2.17. The van der Waals surface area contributed by atoms with Crippen molar-refractivity contribution in [2.75, 3.05) is 0 Å². The normalized spacial score (nSPS) is 12.5. The van der Waals surface area contributed by atoms with Crippen molar-refractivity contribution < 1.29 is 9.18 Å². The lowest BCUT2D eigenvalue weighted by molar-refractivity contribution is 0.0939. The van der Waals surface area contributed by atoms with Crippen LogP contribution in [0.5, 0.6) is 0 Å². The summed E-state index contributed by atoms with van der Waals surface area (Å²) in [4.78, 5) is 39.3. The maximum atomic E-state index is 14.2. The van der Waals surface area contributed by atoms with Crippen LogP contribution in [0.4, 0.5) is 4.39 Å². The van der Waals surface area contributed by atoms with Gasteiger partial charge in [-0.25, -0.2) is 18.3 Å². The number of nitrogens with one attached hydrogen (secondary N) is 1. The first-order valence-electron chi connectivity index (χ1n) is 10.9. The van der Waals surface area contributed by atoms with E-state index in [1.165, 1.54) is 21.1 Å². The van der Waals surface area contributed by atoms with Crippen molar-refractivity contribution in [3.8, 4) is 0 Å². The molecule has 2 aromatic carbocycles. The maximum absolute atomic E-state index is 14.2. The number of amides is 1. The van der Waals surface area contributed by atoms with Gasteiger partial charge >= 0.3 is 5.69 Å². The average Bonchev–Trinajstić information content (AvgIpc) is 3.10. The third-order valence-electron chi connectivity index (χ3n) is 5.77. The van der Waals surface area contributed by atoms with Gasteiger partial charge in [-0.05, 0) is 51.5 Å². The van der Waals surface area contributed by atoms with Crippen LogP contribution in [0.15, 0.2) is 52.1 Å². The molecule has 2 aromatic heterocycles. The number of nitrogens with zero attached hydrogens (tertiary/aromatic N) is 4. The third kappa shape index (κ3) is 3.94. The summed E-state index contributed by atoms with van der Waals surface area (Å²) in [5.74, 6) is -0.598. The van der Waals surface area contributed by atoms with Gasteiger partial charge in [-0.1, -0.05) is 25.1 Å². The van der Waals surface area contributed by atoms with Crippen LogP contribution in [0.25, 0.3) is 16.7 Å². The topological polar surface area (TPSA) is 90.4 Å². The smallest absolute Gasteiger partial charge is 0.350 e. The molecule has 172 valence electrons. The van der Waals surface area contributed by atoms with E-state index in [4.69, 9.17) is 0 Å². The highest BCUT2D eigenvalue weighted by molar-refractivity contribution is 5.98. The molecule has 0 radical (unpaired) electrons.